The lowest BCUT2D eigenvalue weighted by Gasteiger charge is -2.38. The minimum absolute atomic E-state index is 0.154. The van der Waals surface area contributed by atoms with Crippen molar-refractivity contribution in [2.45, 2.75) is 33.2 Å². The number of thiazole rings is 1. The van der Waals surface area contributed by atoms with Gasteiger partial charge in [-0.05, 0) is 20.3 Å². The zero-order valence-electron chi connectivity index (χ0n) is 10.6. The van der Waals surface area contributed by atoms with Gasteiger partial charge in [-0.15, -0.1) is 11.3 Å². The van der Waals surface area contributed by atoms with E-state index in [0.717, 1.165) is 41.6 Å². The molecular formula is C12H19N3OS. The second-order valence-corrected chi connectivity index (χ2v) is 5.66. The second-order valence-electron chi connectivity index (χ2n) is 4.46. The van der Waals surface area contributed by atoms with Crippen molar-refractivity contribution in [2.75, 3.05) is 19.6 Å². The normalized spacial score (nSPS) is 15.7. The molecule has 0 saturated carbocycles. The Labute approximate surface area is 106 Å². The Morgan fingerprint density at radius 2 is 2.24 bits per heavy atom. The summed E-state index contributed by atoms with van der Waals surface area (Å²) in [7, 11) is 0. The topological polar surface area (TPSA) is 45.2 Å². The van der Waals surface area contributed by atoms with Crippen LogP contribution in [0.5, 0.6) is 0 Å². The minimum atomic E-state index is 0.154. The van der Waals surface area contributed by atoms with Crippen LogP contribution >= 0.6 is 11.3 Å². The molecule has 2 heterocycles. The lowest BCUT2D eigenvalue weighted by molar-refractivity contribution is 0.0620. The SMILES string of the molecule is CCCN(C(=O)c1sc(C)nc1C)C1CNC1. The van der Waals surface area contributed by atoms with Gasteiger partial charge in [0.25, 0.3) is 5.91 Å². The molecule has 4 nitrogen and oxygen atoms in total. The predicted octanol–water partition coefficient (Wildman–Crippen LogP) is 1.58. The molecule has 1 saturated heterocycles. The third-order valence-electron chi connectivity index (χ3n) is 3.02. The molecule has 17 heavy (non-hydrogen) atoms. The molecule has 0 radical (unpaired) electrons. The molecule has 1 aromatic heterocycles. The highest BCUT2D eigenvalue weighted by Gasteiger charge is 2.30. The molecule has 1 aliphatic rings. The van der Waals surface area contributed by atoms with Gasteiger partial charge in [-0.3, -0.25) is 4.79 Å². The molecule has 0 unspecified atom stereocenters. The average Bonchev–Trinajstić information content (AvgIpc) is 2.53. The van der Waals surface area contributed by atoms with Gasteiger partial charge in [0.1, 0.15) is 4.88 Å². The highest BCUT2D eigenvalue weighted by atomic mass is 32.1. The van der Waals surface area contributed by atoms with Crippen molar-refractivity contribution in [3.05, 3.63) is 15.6 Å². The Hall–Kier alpha value is -0.940. The van der Waals surface area contributed by atoms with E-state index in [2.05, 4.69) is 17.2 Å². The number of amides is 1. The lowest BCUT2D eigenvalue weighted by Crippen LogP contribution is -2.59. The number of aromatic nitrogens is 1. The first-order valence-electron chi connectivity index (χ1n) is 6.09. The molecule has 5 heteroatoms. The molecule has 0 bridgehead atoms. The molecule has 1 amide bonds. The van der Waals surface area contributed by atoms with Gasteiger partial charge >= 0.3 is 0 Å². The number of nitrogens with one attached hydrogen (secondary N) is 1. The second kappa shape index (κ2) is 5.14. The summed E-state index contributed by atoms with van der Waals surface area (Å²) in [4.78, 5) is 19.6. The van der Waals surface area contributed by atoms with Crippen LogP contribution in [0.1, 0.15) is 33.7 Å². The summed E-state index contributed by atoms with van der Waals surface area (Å²) < 4.78 is 0. The van der Waals surface area contributed by atoms with Gasteiger partial charge in [-0.25, -0.2) is 4.98 Å². The standard InChI is InChI=1S/C12H19N3OS/c1-4-5-15(10-6-13-7-10)12(16)11-8(2)14-9(3)17-11/h10,13H,4-7H2,1-3H3. The van der Waals surface area contributed by atoms with Crippen molar-refractivity contribution in [1.82, 2.24) is 15.2 Å². The fourth-order valence-electron chi connectivity index (χ4n) is 2.04. The predicted molar refractivity (Wildman–Crippen MR) is 69.6 cm³/mol. The summed E-state index contributed by atoms with van der Waals surface area (Å²) in [6, 6.07) is 0.365. The minimum Gasteiger partial charge on any atom is -0.332 e. The summed E-state index contributed by atoms with van der Waals surface area (Å²) in [6.45, 7) is 8.65. The summed E-state index contributed by atoms with van der Waals surface area (Å²) >= 11 is 1.51. The van der Waals surface area contributed by atoms with Gasteiger partial charge in [0.05, 0.1) is 16.7 Å². The number of rotatable bonds is 4. The zero-order chi connectivity index (χ0) is 12.4. The molecule has 1 aliphatic heterocycles. The van der Waals surface area contributed by atoms with E-state index in [1.807, 2.05) is 18.7 Å². The Bertz CT molecular complexity index is 412. The number of carbonyl (C=O) groups excluding carboxylic acids is 1. The number of hydrogen-bond acceptors (Lipinski definition) is 4. The molecule has 1 N–H and O–H groups in total. The Balaban J connectivity index is 2.17. The quantitative estimate of drug-likeness (QED) is 0.886. The van der Waals surface area contributed by atoms with E-state index in [0.29, 0.717) is 6.04 Å². The zero-order valence-corrected chi connectivity index (χ0v) is 11.4. The van der Waals surface area contributed by atoms with Crippen LogP contribution in [-0.4, -0.2) is 41.5 Å². The van der Waals surface area contributed by atoms with Crippen molar-refractivity contribution >= 4 is 17.2 Å². The monoisotopic (exact) mass is 253 g/mol. The number of aryl methyl sites for hydroxylation is 2. The van der Waals surface area contributed by atoms with Crippen molar-refractivity contribution < 1.29 is 4.79 Å². The first-order valence-corrected chi connectivity index (χ1v) is 6.90. The van der Waals surface area contributed by atoms with Gasteiger partial charge in [0.2, 0.25) is 0 Å². The average molecular weight is 253 g/mol. The van der Waals surface area contributed by atoms with Gasteiger partial charge < -0.3 is 10.2 Å². The third kappa shape index (κ3) is 2.50. The number of carbonyl (C=O) groups is 1. The fraction of sp³-hybridized carbons (Fsp3) is 0.667. The molecule has 1 aromatic rings. The Morgan fingerprint density at radius 3 is 2.65 bits per heavy atom. The van der Waals surface area contributed by atoms with Gasteiger partial charge in [-0.2, -0.15) is 0 Å². The fourth-order valence-corrected chi connectivity index (χ4v) is 2.92. The van der Waals surface area contributed by atoms with Crippen LogP contribution in [0.25, 0.3) is 0 Å². The lowest BCUT2D eigenvalue weighted by atomic mass is 10.1. The van der Waals surface area contributed by atoms with E-state index in [4.69, 9.17) is 0 Å². The van der Waals surface area contributed by atoms with Crippen LogP contribution in [0.4, 0.5) is 0 Å². The highest BCUT2D eigenvalue weighted by molar-refractivity contribution is 7.13. The maximum Gasteiger partial charge on any atom is 0.266 e. The first-order chi connectivity index (χ1) is 8.13. The van der Waals surface area contributed by atoms with Crippen LogP contribution in [0, 0.1) is 13.8 Å². The molecule has 1 fully saturated rings. The first kappa shape index (κ1) is 12.5. The van der Waals surface area contributed by atoms with E-state index in [-0.39, 0.29) is 5.91 Å². The highest BCUT2D eigenvalue weighted by Crippen LogP contribution is 2.21. The largest absolute Gasteiger partial charge is 0.332 e. The van der Waals surface area contributed by atoms with Crippen LogP contribution in [0.2, 0.25) is 0 Å². The van der Waals surface area contributed by atoms with Gasteiger partial charge in [0, 0.05) is 19.6 Å². The van der Waals surface area contributed by atoms with Crippen molar-refractivity contribution in [2.24, 2.45) is 0 Å². The maximum absolute atomic E-state index is 12.5. The van der Waals surface area contributed by atoms with Crippen LogP contribution in [0.3, 0.4) is 0 Å². The molecule has 0 aromatic carbocycles. The van der Waals surface area contributed by atoms with Crippen molar-refractivity contribution in [3.63, 3.8) is 0 Å². The van der Waals surface area contributed by atoms with E-state index in [9.17, 15) is 4.79 Å². The summed E-state index contributed by atoms with van der Waals surface area (Å²) in [6.07, 6.45) is 0.999. The Kier molecular flexibility index (Phi) is 3.79. The Morgan fingerprint density at radius 1 is 1.53 bits per heavy atom. The molecule has 0 spiro atoms. The number of nitrogens with zero attached hydrogens (tertiary/aromatic N) is 2. The van der Waals surface area contributed by atoms with Crippen LogP contribution < -0.4 is 5.32 Å². The third-order valence-corrected chi connectivity index (χ3v) is 4.08. The summed E-state index contributed by atoms with van der Waals surface area (Å²) in [5, 5.41) is 4.19. The van der Waals surface area contributed by atoms with Crippen molar-refractivity contribution in [1.29, 1.82) is 0 Å². The molecule has 94 valence electrons. The summed E-state index contributed by atoms with van der Waals surface area (Å²) in [5.41, 5.74) is 0.867. The maximum atomic E-state index is 12.5. The van der Waals surface area contributed by atoms with E-state index in [1.165, 1.54) is 11.3 Å². The van der Waals surface area contributed by atoms with E-state index < -0.39 is 0 Å². The van der Waals surface area contributed by atoms with Crippen LogP contribution in [0.15, 0.2) is 0 Å². The number of hydrogen-bond donors (Lipinski definition) is 1. The molecule has 0 atom stereocenters. The van der Waals surface area contributed by atoms with Crippen LogP contribution in [-0.2, 0) is 0 Å². The summed E-state index contributed by atoms with van der Waals surface area (Å²) in [5.74, 6) is 0.154. The molecule has 2 rings (SSSR count). The van der Waals surface area contributed by atoms with E-state index >= 15 is 0 Å². The molecule has 0 aliphatic carbocycles. The van der Waals surface area contributed by atoms with Crippen molar-refractivity contribution in [3.8, 4) is 0 Å². The molecular weight excluding hydrogens is 234 g/mol. The smallest absolute Gasteiger partial charge is 0.266 e. The van der Waals surface area contributed by atoms with E-state index in [1.54, 1.807) is 0 Å². The van der Waals surface area contributed by atoms with Gasteiger partial charge in [-0.1, -0.05) is 6.92 Å². The van der Waals surface area contributed by atoms with Gasteiger partial charge in [0.15, 0.2) is 0 Å².